The maximum absolute atomic E-state index is 12.8. The molecule has 0 fully saturated rings. The quantitative estimate of drug-likeness (QED) is 0.885. The summed E-state index contributed by atoms with van der Waals surface area (Å²) in [5, 5.41) is 0.162. The third-order valence-electron chi connectivity index (χ3n) is 1.56. The highest BCUT2D eigenvalue weighted by Gasteiger charge is 2.13. The minimum absolute atomic E-state index is 0.0829. The summed E-state index contributed by atoms with van der Waals surface area (Å²) < 4.78 is 38.0. The molecular weight excluding hydrogens is 241 g/mol. The smallest absolute Gasteiger partial charge is 0.207 e. The van der Waals surface area contributed by atoms with E-state index in [1.54, 1.807) is 0 Å². The van der Waals surface area contributed by atoms with Crippen LogP contribution in [0.3, 0.4) is 0 Å². The maximum Gasteiger partial charge on any atom is 0.241 e. The fourth-order valence-electron chi connectivity index (χ4n) is 0.891. The molecule has 15 heavy (non-hydrogen) atoms. The lowest BCUT2D eigenvalue weighted by Gasteiger charge is -2.05. The molecule has 0 saturated carbocycles. The van der Waals surface area contributed by atoms with E-state index in [-0.39, 0.29) is 16.5 Å². The Balaban J connectivity index is 2.91. The van der Waals surface area contributed by atoms with Crippen LogP contribution in [0.1, 0.15) is 0 Å². The van der Waals surface area contributed by atoms with Gasteiger partial charge in [0, 0.05) is 11.6 Å². The van der Waals surface area contributed by atoms with Crippen LogP contribution in [0, 0.1) is 5.82 Å². The summed E-state index contributed by atoms with van der Waals surface area (Å²) in [7, 11) is -3.71. The van der Waals surface area contributed by atoms with Gasteiger partial charge in [0.2, 0.25) is 10.0 Å². The summed E-state index contributed by atoms with van der Waals surface area (Å²) in [6.45, 7) is 3.25. The Labute approximate surface area is 92.6 Å². The minimum Gasteiger partial charge on any atom is -0.207 e. The molecule has 0 saturated heterocycles. The average Bonchev–Trinajstić information content (AvgIpc) is 2.15. The SMILES string of the molecule is C=C(Cl)CNS(=O)(=O)c1cccc(F)c1. The van der Waals surface area contributed by atoms with E-state index >= 15 is 0 Å². The number of nitrogens with one attached hydrogen (secondary N) is 1. The zero-order valence-corrected chi connectivity index (χ0v) is 9.28. The van der Waals surface area contributed by atoms with Crippen molar-refractivity contribution in [3.63, 3.8) is 0 Å². The predicted molar refractivity (Wildman–Crippen MR) is 56.6 cm³/mol. The van der Waals surface area contributed by atoms with E-state index in [9.17, 15) is 12.8 Å². The third-order valence-corrected chi connectivity index (χ3v) is 3.09. The molecule has 0 aromatic heterocycles. The molecule has 1 aromatic rings. The summed E-state index contributed by atoms with van der Waals surface area (Å²) in [5.74, 6) is -0.609. The molecule has 0 aliphatic rings. The molecule has 0 amide bonds. The number of halogens is 2. The van der Waals surface area contributed by atoms with Crippen LogP contribution in [0.2, 0.25) is 0 Å². The van der Waals surface area contributed by atoms with Gasteiger partial charge in [-0.3, -0.25) is 0 Å². The molecular formula is C9H9ClFNO2S. The second kappa shape index (κ2) is 4.74. The zero-order valence-electron chi connectivity index (χ0n) is 7.70. The fraction of sp³-hybridized carbons (Fsp3) is 0.111. The summed E-state index contributed by atoms with van der Waals surface area (Å²) in [5.41, 5.74) is 0. The lowest BCUT2D eigenvalue weighted by molar-refractivity contribution is 0.581. The van der Waals surface area contributed by atoms with Crippen LogP contribution < -0.4 is 4.72 Å². The summed E-state index contributed by atoms with van der Waals surface area (Å²) in [6, 6.07) is 4.71. The van der Waals surface area contributed by atoms with Crippen LogP contribution in [-0.2, 0) is 10.0 Å². The molecule has 82 valence electrons. The van der Waals surface area contributed by atoms with Crippen LogP contribution in [0.5, 0.6) is 0 Å². The molecule has 0 aliphatic heterocycles. The Morgan fingerprint density at radius 3 is 2.73 bits per heavy atom. The van der Waals surface area contributed by atoms with Gasteiger partial charge in [-0.1, -0.05) is 24.2 Å². The monoisotopic (exact) mass is 249 g/mol. The highest BCUT2D eigenvalue weighted by molar-refractivity contribution is 7.89. The number of hydrogen-bond donors (Lipinski definition) is 1. The van der Waals surface area contributed by atoms with Crippen molar-refractivity contribution in [3.8, 4) is 0 Å². The molecule has 3 nitrogen and oxygen atoms in total. The first-order valence-electron chi connectivity index (χ1n) is 4.00. The van der Waals surface area contributed by atoms with E-state index in [1.165, 1.54) is 18.2 Å². The fourth-order valence-corrected chi connectivity index (χ4v) is 2.09. The number of benzene rings is 1. The van der Waals surface area contributed by atoms with Gasteiger partial charge in [0.15, 0.2) is 0 Å². The lowest BCUT2D eigenvalue weighted by atomic mass is 10.4. The van der Waals surface area contributed by atoms with Crippen molar-refractivity contribution in [2.24, 2.45) is 0 Å². The lowest BCUT2D eigenvalue weighted by Crippen LogP contribution is -2.24. The van der Waals surface area contributed by atoms with Gasteiger partial charge in [0.05, 0.1) is 4.90 Å². The standard InChI is InChI=1S/C9H9ClFNO2S/c1-7(10)6-12-15(13,14)9-4-2-3-8(11)5-9/h2-5,12H,1,6H2. The number of rotatable bonds is 4. The van der Waals surface area contributed by atoms with E-state index < -0.39 is 15.8 Å². The Morgan fingerprint density at radius 1 is 1.53 bits per heavy atom. The van der Waals surface area contributed by atoms with Gasteiger partial charge >= 0.3 is 0 Å². The van der Waals surface area contributed by atoms with Crippen LogP contribution in [0.25, 0.3) is 0 Å². The van der Waals surface area contributed by atoms with E-state index in [2.05, 4.69) is 11.3 Å². The number of hydrogen-bond acceptors (Lipinski definition) is 2. The van der Waals surface area contributed by atoms with Gasteiger partial charge in [-0.05, 0) is 18.2 Å². The number of sulfonamides is 1. The molecule has 0 bridgehead atoms. The van der Waals surface area contributed by atoms with Gasteiger partial charge in [-0.15, -0.1) is 0 Å². The van der Waals surface area contributed by atoms with Crippen molar-refractivity contribution < 1.29 is 12.8 Å². The van der Waals surface area contributed by atoms with Crippen LogP contribution in [-0.4, -0.2) is 15.0 Å². The summed E-state index contributed by atoms with van der Waals surface area (Å²) in [4.78, 5) is -0.139. The Kier molecular flexibility index (Phi) is 3.84. The van der Waals surface area contributed by atoms with Crippen LogP contribution >= 0.6 is 11.6 Å². The van der Waals surface area contributed by atoms with E-state index in [4.69, 9.17) is 11.6 Å². The molecule has 0 aliphatic carbocycles. The van der Waals surface area contributed by atoms with Gasteiger partial charge in [-0.25, -0.2) is 17.5 Å². The van der Waals surface area contributed by atoms with Crippen LogP contribution in [0.4, 0.5) is 4.39 Å². The molecule has 0 atom stereocenters. The van der Waals surface area contributed by atoms with Crippen molar-refractivity contribution in [2.45, 2.75) is 4.90 Å². The second-order valence-electron chi connectivity index (χ2n) is 2.80. The Hall–Kier alpha value is -0.910. The largest absolute Gasteiger partial charge is 0.241 e. The Morgan fingerprint density at radius 2 is 2.20 bits per heavy atom. The van der Waals surface area contributed by atoms with Crippen molar-refractivity contribution in [1.29, 1.82) is 0 Å². The van der Waals surface area contributed by atoms with Gasteiger partial charge < -0.3 is 0 Å². The predicted octanol–water partition coefficient (Wildman–Crippen LogP) is 1.86. The first kappa shape index (κ1) is 12.2. The van der Waals surface area contributed by atoms with Crippen molar-refractivity contribution >= 4 is 21.6 Å². The van der Waals surface area contributed by atoms with Crippen molar-refractivity contribution in [1.82, 2.24) is 4.72 Å². The highest BCUT2D eigenvalue weighted by atomic mass is 35.5. The van der Waals surface area contributed by atoms with Gasteiger partial charge in [-0.2, -0.15) is 0 Å². The topological polar surface area (TPSA) is 46.2 Å². The maximum atomic E-state index is 12.8. The van der Waals surface area contributed by atoms with E-state index in [1.807, 2.05) is 0 Å². The Bertz CT molecular complexity index is 473. The summed E-state index contributed by atoms with van der Waals surface area (Å²) >= 11 is 5.41. The third kappa shape index (κ3) is 3.62. The second-order valence-corrected chi connectivity index (χ2v) is 5.10. The molecule has 0 radical (unpaired) electrons. The molecule has 0 heterocycles. The zero-order chi connectivity index (χ0) is 11.5. The van der Waals surface area contributed by atoms with E-state index in [0.717, 1.165) is 6.07 Å². The molecule has 1 N–H and O–H groups in total. The normalized spacial score (nSPS) is 11.3. The molecule has 1 rings (SSSR count). The van der Waals surface area contributed by atoms with E-state index in [0.29, 0.717) is 0 Å². The van der Waals surface area contributed by atoms with Crippen molar-refractivity contribution in [3.05, 3.63) is 41.7 Å². The first-order chi connectivity index (χ1) is 6.92. The van der Waals surface area contributed by atoms with Crippen molar-refractivity contribution in [2.75, 3.05) is 6.54 Å². The minimum atomic E-state index is -3.71. The summed E-state index contributed by atoms with van der Waals surface area (Å²) in [6.07, 6.45) is 0. The first-order valence-corrected chi connectivity index (χ1v) is 5.86. The molecule has 0 unspecified atom stereocenters. The molecule has 1 aromatic carbocycles. The average molecular weight is 250 g/mol. The van der Waals surface area contributed by atoms with Gasteiger partial charge in [0.25, 0.3) is 0 Å². The van der Waals surface area contributed by atoms with Gasteiger partial charge in [0.1, 0.15) is 5.82 Å². The molecule has 0 spiro atoms. The molecule has 6 heteroatoms. The highest BCUT2D eigenvalue weighted by Crippen LogP contribution is 2.10. The van der Waals surface area contributed by atoms with Crippen LogP contribution in [0.15, 0.2) is 40.8 Å².